The normalized spacial score (nSPS) is 35.1. The van der Waals surface area contributed by atoms with Crippen LogP contribution in [0.4, 0.5) is 0 Å². The van der Waals surface area contributed by atoms with Crippen molar-refractivity contribution < 1.29 is 9.53 Å². The predicted molar refractivity (Wildman–Crippen MR) is 68.8 cm³/mol. The first-order valence-electron chi connectivity index (χ1n) is 6.45. The molecule has 2 heteroatoms. The van der Waals surface area contributed by atoms with Crippen LogP contribution in [0.25, 0.3) is 0 Å². The quantitative estimate of drug-likeness (QED) is 0.551. The lowest BCUT2D eigenvalue weighted by atomic mass is 9.77. The first-order chi connectivity index (χ1) is 7.93. The summed E-state index contributed by atoms with van der Waals surface area (Å²) in [5.74, 6) is 0.607. The number of carbonyl (C=O) groups excluding carboxylic acids is 1. The Morgan fingerprint density at radius 2 is 2.29 bits per heavy atom. The van der Waals surface area contributed by atoms with Crippen molar-refractivity contribution in [3.8, 4) is 0 Å². The van der Waals surface area contributed by atoms with Crippen LogP contribution in [-0.4, -0.2) is 17.5 Å². The van der Waals surface area contributed by atoms with Gasteiger partial charge in [0.2, 0.25) is 0 Å². The minimum absolute atomic E-state index is 0.161. The number of hydrogen-bond donors (Lipinski definition) is 0. The van der Waals surface area contributed by atoms with Crippen molar-refractivity contribution in [2.24, 2.45) is 5.92 Å². The standard InChI is InChI=1S/C15H22O2/c1-10(2)6-5-7-11(3)12-8-13(16)15(4)14(9-12)17-15/h6,12,14H,3,5,7-9H2,1-2,4H3/t12-,14-,15+/m1/s1. The van der Waals surface area contributed by atoms with E-state index in [1.807, 2.05) is 6.92 Å². The van der Waals surface area contributed by atoms with Gasteiger partial charge in [-0.15, -0.1) is 0 Å². The molecule has 2 aliphatic rings. The molecule has 1 aliphatic carbocycles. The van der Waals surface area contributed by atoms with Gasteiger partial charge in [-0.2, -0.15) is 0 Å². The van der Waals surface area contributed by atoms with Crippen molar-refractivity contribution in [3.05, 3.63) is 23.8 Å². The summed E-state index contributed by atoms with van der Waals surface area (Å²) in [6.07, 6.45) is 6.03. The maximum absolute atomic E-state index is 11.9. The number of ether oxygens (including phenoxy) is 1. The Morgan fingerprint density at radius 1 is 1.59 bits per heavy atom. The highest BCUT2D eigenvalue weighted by Gasteiger charge is 2.61. The Bertz CT molecular complexity index is 376. The van der Waals surface area contributed by atoms with E-state index in [4.69, 9.17) is 4.74 Å². The Morgan fingerprint density at radius 3 is 2.88 bits per heavy atom. The Hall–Kier alpha value is -0.890. The van der Waals surface area contributed by atoms with E-state index in [-0.39, 0.29) is 11.9 Å². The second-order valence-corrected chi connectivity index (χ2v) is 5.75. The molecule has 1 saturated heterocycles. The summed E-state index contributed by atoms with van der Waals surface area (Å²) in [6, 6.07) is 0. The van der Waals surface area contributed by atoms with Crippen LogP contribution < -0.4 is 0 Å². The number of ketones is 1. The minimum atomic E-state index is -0.434. The van der Waals surface area contributed by atoms with Gasteiger partial charge in [0.15, 0.2) is 5.78 Å². The summed E-state index contributed by atoms with van der Waals surface area (Å²) in [7, 11) is 0. The molecule has 0 aromatic rings. The third-order valence-corrected chi connectivity index (χ3v) is 4.02. The zero-order valence-corrected chi connectivity index (χ0v) is 11.1. The first kappa shape index (κ1) is 12.6. The SMILES string of the molecule is C=C(CCC=C(C)C)[C@@H]1CC(=O)[C@]2(C)O[C@@H]2C1. The van der Waals surface area contributed by atoms with E-state index in [1.54, 1.807) is 0 Å². The average molecular weight is 234 g/mol. The molecule has 0 bridgehead atoms. The van der Waals surface area contributed by atoms with Crippen LogP contribution in [0.5, 0.6) is 0 Å². The van der Waals surface area contributed by atoms with Crippen LogP contribution in [0, 0.1) is 5.92 Å². The second-order valence-electron chi connectivity index (χ2n) is 5.75. The van der Waals surface area contributed by atoms with Gasteiger partial charge in [0.25, 0.3) is 0 Å². The number of fused-ring (bicyclic) bond motifs is 1. The lowest BCUT2D eigenvalue weighted by Gasteiger charge is -2.23. The van der Waals surface area contributed by atoms with Gasteiger partial charge in [-0.1, -0.05) is 23.8 Å². The Labute approximate surface area is 104 Å². The zero-order chi connectivity index (χ0) is 12.6. The van der Waals surface area contributed by atoms with Crippen molar-refractivity contribution in [3.63, 3.8) is 0 Å². The predicted octanol–water partition coefficient (Wildman–Crippen LogP) is 3.43. The largest absolute Gasteiger partial charge is 0.358 e. The molecule has 0 aromatic carbocycles. The van der Waals surface area contributed by atoms with E-state index in [2.05, 4.69) is 26.5 Å². The summed E-state index contributed by atoms with van der Waals surface area (Å²) >= 11 is 0. The number of carbonyl (C=O) groups is 1. The molecule has 2 nitrogen and oxygen atoms in total. The number of rotatable bonds is 4. The summed E-state index contributed by atoms with van der Waals surface area (Å²) in [5, 5.41) is 0. The van der Waals surface area contributed by atoms with Crippen molar-refractivity contribution in [2.75, 3.05) is 0 Å². The van der Waals surface area contributed by atoms with E-state index in [9.17, 15) is 4.79 Å². The van der Waals surface area contributed by atoms with Crippen LogP contribution >= 0.6 is 0 Å². The van der Waals surface area contributed by atoms with Crippen LogP contribution in [0.2, 0.25) is 0 Å². The highest BCUT2D eigenvalue weighted by Crippen LogP contribution is 2.48. The molecule has 2 fully saturated rings. The minimum Gasteiger partial charge on any atom is -0.358 e. The molecule has 94 valence electrons. The molecule has 17 heavy (non-hydrogen) atoms. The molecule has 1 aliphatic heterocycles. The molecular formula is C15H22O2. The van der Waals surface area contributed by atoms with E-state index in [0.717, 1.165) is 19.3 Å². The molecule has 0 aromatic heterocycles. The third kappa shape index (κ3) is 2.52. The van der Waals surface area contributed by atoms with Gasteiger partial charge in [0.05, 0.1) is 6.10 Å². The second kappa shape index (κ2) is 4.41. The summed E-state index contributed by atoms with van der Waals surface area (Å²) in [6.45, 7) is 10.3. The fourth-order valence-corrected chi connectivity index (χ4v) is 2.61. The molecule has 0 amide bonds. The number of epoxide rings is 1. The van der Waals surface area contributed by atoms with Gasteiger partial charge in [-0.25, -0.2) is 0 Å². The lowest BCUT2D eigenvalue weighted by Crippen LogP contribution is -2.32. The van der Waals surface area contributed by atoms with Crippen molar-refractivity contribution in [1.82, 2.24) is 0 Å². The fraction of sp³-hybridized carbons (Fsp3) is 0.667. The number of allylic oxidation sites excluding steroid dienone is 3. The van der Waals surface area contributed by atoms with Crippen molar-refractivity contribution in [1.29, 1.82) is 0 Å². The zero-order valence-electron chi connectivity index (χ0n) is 11.1. The lowest BCUT2D eigenvalue weighted by molar-refractivity contribution is -0.124. The van der Waals surface area contributed by atoms with Gasteiger partial charge in [0.1, 0.15) is 5.60 Å². The van der Waals surface area contributed by atoms with Crippen LogP contribution in [-0.2, 0) is 9.53 Å². The topological polar surface area (TPSA) is 29.6 Å². The average Bonchev–Trinajstić information content (AvgIpc) is 2.90. The van der Waals surface area contributed by atoms with Crippen molar-refractivity contribution >= 4 is 5.78 Å². The maximum atomic E-state index is 11.9. The maximum Gasteiger partial charge on any atom is 0.167 e. The summed E-state index contributed by atoms with van der Waals surface area (Å²) in [5.41, 5.74) is 2.13. The molecular weight excluding hydrogens is 212 g/mol. The molecule has 0 unspecified atom stereocenters. The summed E-state index contributed by atoms with van der Waals surface area (Å²) < 4.78 is 5.50. The summed E-state index contributed by atoms with van der Waals surface area (Å²) in [4.78, 5) is 11.9. The van der Waals surface area contributed by atoms with Gasteiger partial charge in [-0.05, 0) is 46.0 Å². The number of hydrogen-bond acceptors (Lipinski definition) is 2. The highest BCUT2D eigenvalue weighted by atomic mass is 16.6. The highest BCUT2D eigenvalue weighted by molar-refractivity contribution is 5.91. The fourth-order valence-electron chi connectivity index (χ4n) is 2.61. The molecule has 1 saturated carbocycles. The van der Waals surface area contributed by atoms with E-state index in [0.29, 0.717) is 12.3 Å². The van der Waals surface area contributed by atoms with Gasteiger partial charge < -0.3 is 4.74 Å². The van der Waals surface area contributed by atoms with E-state index < -0.39 is 5.60 Å². The van der Waals surface area contributed by atoms with Gasteiger partial charge in [-0.3, -0.25) is 4.79 Å². The van der Waals surface area contributed by atoms with Crippen LogP contribution in [0.15, 0.2) is 23.8 Å². The van der Waals surface area contributed by atoms with Crippen molar-refractivity contribution in [2.45, 2.75) is 58.2 Å². The van der Waals surface area contributed by atoms with Crippen LogP contribution in [0.3, 0.4) is 0 Å². The first-order valence-corrected chi connectivity index (χ1v) is 6.45. The molecule has 2 rings (SSSR count). The molecule has 0 spiro atoms. The Balaban J connectivity index is 1.85. The van der Waals surface area contributed by atoms with Gasteiger partial charge in [0, 0.05) is 6.42 Å². The molecule has 3 atom stereocenters. The van der Waals surface area contributed by atoms with E-state index >= 15 is 0 Å². The molecule has 1 heterocycles. The third-order valence-electron chi connectivity index (χ3n) is 4.02. The van der Waals surface area contributed by atoms with E-state index in [1.165, 1.54) is 11.1 Å². The Kier molecular flexibility index (Phi) is 3.26. The van der Waals surface area contributed by atoms with Gasteiger partial charge >= 0.3 is 0 Å². The molecule has 0 radical (unpaired) electrons. The monoisotopic (exact) mass is 234 g/mol. The smallest absolute Gasteiger partial charge is 0.167 e. The number of Topliss-reactive ketones (excluding diaryl/α,β-unsaturated/α-hetero) is 1. The van der Waals surface area contributed by atoms with Crippen LogP contribution in [0.1, 0.15) is 46.5 Å². The molecule has 0 N–H and O–H groups in total.